The third-order valence-corrected chi connectivity index (χ3v) is 4.65. The number of nitrogens with two attached hydrogens (primary N) is 1. The molecule has 0 aliphatic heterocycles. The van der Waals surface area contributed by atoms with Gasteiger partial charge in [0, 0.05) is 22.4 Å². The van der Waals surface area contributed by atoms with Crippen LogP contribution in [0.15, 0.2) is 34.9 Å². The van der Waals surface area contributed by atoms with Gasteiger partial charge in [0.05, 0.1) is 5.69 Å². The zero-order chi connectivity index (χ0) is 14.5. The molecule has 0 spiro atoms. The summed E-state index contributed by atoms with van der Waals surface area (Å²) < 4.78 is 16.1. The molecule has 106 valence electrons. The van der Waals surface area contributed by atoms with Crippen molar-refractivity contribution in [1.29, 1.82) is 0 Å². The fourth-order valence-corrected chi connectivity index (χ4v) is 3.68. The number of hydrogen-bond acceptors (Lipinski definition) is 1. The summed E-state index contributed by atoms with van der Waals surface area (Å²) in [6, 6.07) is 6.95. The quantitative estimate of drug-likeness (QED) is 0.824. The molecule has 0 fully saturated rings. The maximum Gasteiger partial charge on any atom is 0.124 e. The van der Waals surface area contributed by atoms with Crippen molar-refractivity contribution in [1.82, 2.24) is 4.57 Å². The third kappa shape index (κ3) is 2.31. The third-order valence-electron chi connectivity index (χ3n) is 4.01. The zero-order valence-electron chi connectivity index (χ0n) is 11.7. The minimum atomic E-state index is -0.237. The number of halogens is 2. The van der Waals surface area contributed by atoms with Gasteiger partial charge in [0.15, 0.2) is 0 Å². The van der Waals surface area contributed by atoms with Gasteiger partial charge in [-0.25, -0.2) is 4.39 Å². The van der Waals surface area contributed by atoms with Crippen LogP contribution in [-0.2, 0) is 6.42 Å². The molecule has 0 radical (unpaired) electrons. The van der Waals surface area contributed by atoms with E-state index in [2.05, 4.69) is 40.4 Å². The molecule has 2 N–H and O–H groups in total. The summed E-state index contributed by atoms with van der Waals surface area (Å²) in [4.78, 5) is 0. The fraction of sp³-hybridized carbons (Fsp3) is 0.375. The Morgan fingerprint density at radius 1 is 1.35 bits per heavy atom. The van der Waals surface area contributed by atoms with Gasteiger partial charge < -0.3 is 10.3 Å². The lowest BCUT2D eigenvalue weighted by Crippen LogP contribution is -2.30. The van der Waals surface area contributed by atoms with Crippen LogP contribution < -0.4 is 5.73 Å². The highest BCUT2D eigenvalue weighted by Crippen LogP contribution is 2.41. The largest absolute Gasteiger partial charge is 0.324 e. The van der Waals surface area contributed by atoms with Crippen molar-refractivity contribution in [3.63, 3.8) is 0 Å². The molecule has 1 aliphatic rings. The van der Waals surface area contributed by atoms with Crippen molar-refractivity contribution < 1.29 is 4.39 Å². The van der Waals surface area contributed by atoms with Gasteiger partial charge in [-0.3, -0.25) is 0 Å². The van der Waals surface area contributed by atoms with E-state index < -0.39 is 0 Å². The van der Waals surface area contributed by atoms with Crippen LogP contribution in [0, 0.1) is 11.2 Å². The molecule has 0 saturated heterocycles. The highest BCUT2D eigenvalue weighted by molar-refractivity contribution is 9.10. The van der Waals surface area contributed by atoms with Crippen LogP contribution in [0.3, 0.4) is 0 Å². The highest BCUT2D eigenvalue weighted by atomic mass is 79.9. The Kier molecular flexibility index (Phi) is 3.26. The van der Waals surface area contributed by atoms with E-state index in [-0.39, 0.29) is 17.3 Å². The van der Waals surface area contributed by atoms with Crippen molar-refractivity contribution >= 4 is 15.9 Å². The first-order valence-electron chi connectivity index (χ1n) is 6.78. The first kappa shape index (κ1) is 13.8. The molecule has 1 unspecified atom stereocenters. The smallest absolute Gasteiger partial charge is 0.124 e. The van der Waals surface area contributed by atoms with E-state index in [1.165, 1.54) is 23.4 Å². The highest BCUT2D eigenvalue weighted by Gasteiger charge is 2.32. The molecule has 2 nitrogen and oxygen atoms in total. The van der Waals surface area contributed by atoms with Gasteiger partial charge in [-0.1, -0.05) is 13.8 Å². The molecule has 0 saturated carbocycles. The van der Waals surface area contributed by atoms with Crippen molar-refractivity contribution in [2.75, 3.05) is 0 Å². The van der Waals surface area contributed by atoms with Gasteiger partial charge in [-0.15, -0.1) is 0 Å². The topological polar surface area (TPSA) is 30.9 Å². The average molecular weight is 337 g/mol. The molecule has 1 aromatic carbocycles. The molecule has 0 amide bonds. The van der Waals surface area contributed by atoms with Crippen molar-refractivity contribution in [2.45, 2.75) is 32.7 Å². The second-order valence-electron chi connectivity index (χ2n) is 6.34. The Morgan fingerprint density at radius 2 is 2.10 bits per heavy atom. The van der Waals surface area contributed by atoms with E-state index in [4.69, 9.17) is 5.73 Å². The van der Waals surface area contributed by atoms with E-state index in [9.17, 15) is 4.39 Å². The minimum Gasteiger partial charge on any atom is -0.324 e. The average Bonchev–Trinajstić information content (AvgIpc) is 2.71. The number of benzene rings is 1. The van der Waals surface area contributed by atoms with E-state index >= 15 is 0 Å². The van der Waals surface area contributed by atoms with E-state index in [0.717, 1.165) is 23.0 Å². The molecular formula is C16H18BrFN2. The van der Waals surface area contributed by atoms with Gasteiger partial charge in [0.1, 0.15) is 5.82 Å². The monoisotopic (exact) mass is 336 g/mol. The van der Waals surface area contributed by atoms with Crippen molar-refractivity contribution in [3.05, 3.63) is 52.0 Å². The Labute approximate surface area is 126 Å². The standard InChI is InChI=1S/C16H18BrFN2/c1-16(2)8-13(19)11-5-6-20(15(11)9-16)14-4-3-10(18)7-12(14)17/h3-7,13H,8-9,19H2,1-2H3. The van der Waals surface area contributed by atoms with Crippen LogP contribution in [-0.4, -0.2) is 4.57 Å². The predicted octanol–water partition coefficient (Wildman–Crippen LogP) is 4.35. The second kappa shape index (κ2) is 4.71. The summed E-state index contributed by atoms with van der Waals surface area (Å²) in [7, 11) is 0. The van der Waals surface area contributed by atoms with Crippen LogP contribution >= 0.6 is 15.9 Å². The lowest BCUT2D eigenvalue weighted by atomic mass is 9.74. The summed E-state index contributed by atoms with van der Waals surface area (Å²) in [6.07, 6.45) is 4.01. The lowest BCUT2D eigenvalue weighted by molar-refractivity contribution is 0.278. The summed E-state index contributed by atoms with van der Waals surface area (Å²) in [6.45, 7) is 4.49. The molecular weight excluding hydrogens is 319 g/mol. The normalized spacial score (nSPS) is 20.8. The Morgan fingerprint density at radius 3 is 2.80 bits per heavy atom. The maximum absolute atomic E-state index is 13.3. The SMILES string of the molecule is CC1(C)Cc2c(ccn2-c2ccc(F)cc2Br)C(N)C1. The van der Waals surface area contributed by atoms with Gasteiger partial charge in [-0.05, 0) is 64.0 Å². The number of nitrogens with zero attached hydrogens (tertiary/aromatic N) is 1. The number of fused-ring (bicyclic) bond motifs is 1. The molecule has 1 atom stereocenters. The predicted molar refractivity (Wildman–Crippen MR) is 82.5 cm³/mol. The van der Waals surface area contributed by atoms with Crippen LogP contribution in [0.1, 0.15) is 37.6 Å². The molecule has 1 heterocycles. The van der Waals surface area contributed by atoms with Gasteiger partial charge in [-0.2, -0.15) is 0 Å². The molecule has 1 aliphatic carbocycles. The molecule has 20 heavy (non-hydrogen) atoms. The summed E-state index contributed by atoms with van der Waals surface area (Å²) in [5.41, 5.74) is 9.88. The Hall–Kier alpha value is -1.13. The molecule has 2 aromatic rings. The maximum atomic E-state index is 13.3. The fourth-order valence-electron chi connectivity index (χ4n) is 3.14. The first-order chi connectivity index (χ1) is 9.37. The van der Waals surface area contributed by atoms with E-state index in [1.807, 2.05) is 6.20 Å². The zero-order valence-corrected chi connectivity index (χ0v) is 13.2. The van der Waals surface area contributed by atoms with Gasteiger partial charge in [0.25, 0.3) is 0 Å². The first-order valence-corrected chi connectivity index (χ1v) is 7.58. The Balaban J connectivity index is 2.13. The van der Waals surface area contributed by atoms with Gasteiger partial charge >= 0.3 is 0 Å². The minimum absolute atomic E-state index is 0.0780. The van der Waals surface area contributed by atoms with Crippen molar-refractivity contribution in [3.8, 4) is 5.69 Å². The number of rotatable bonds is 1. The summed E-state index contributed by atoms with van der Waals surface area (Å²) in [5, 5.41) is 0. The van der Waals surface area contributed by atoms with Crippen molar-refractivity contribution in [2.24, 2.45) is 11.1 Å². The van der Waals surface area contributed by atoms with Crippen LogP contribution in [0.4, 0.5) is 4.39 Å². The van der Waals surface area contributed by atoms with E-state index in [1.54, 1.807) is 6.07 Å². The Bertz CT molecular complexity index is 660. The molecule has 4 heteroatoms. The van der Waals surface area contributed by atoms with Crippen LogP contribution in [0.2, 0.25) is 0 Å². The number of aromatic nitrogens is 1. The molecule has 1 aromatic heterocycles. The second-order valence-corrected chi connectivity index (χ2v) is 7.19. The summed E-state index contributed by atoms with van der Waals surface area (Å²) in [5.74, 6) is -0.237. The summed E-state index contributed by atoms with van der Waals surface area (Å²) >= 11 is 3.45. The van der Waals surface area contributed by atoms with E-state index in [0.29, 0.717) is 0 Å². The van der Waals surface area contributed by atoms with Crippen LogP contribution in [0.25, 0.3) is 5.69 Å². The van der Waals surface area contributed by atoms with Crippen LogP contribution in [0.5, 0.6) is 0 Å². The molecule has 0 bridgehead atoms. The molecule has 3 rings (SSSR count). The number of hydrogen-bond donors (Lipinski definition) is 1. The lowest BCUT2D eigenvalue weighted by Gasteiger charge is -2.34. The van der Waals surface area contributed by atoms with Gasteiger partial charge in [0.2, 0.25) is 0 Å².